The first kappa shape index (κ1) is 10.3. The zero-order valence-corrected chi connectivity index (χ0v) is 8.27. The Morgan fingerprint density at radius 3 is 3.20 bits per heavy atom. The summed E-state index contributed by atoms with van der Waals surface area (Å²) < 4.78 is 18.2. The molecule has 1 aliphatic heterocycles. The van der Waals surface area contributed by atoms with Gasteiger partial charge in [0, 0.05) is 13.1 Å². The molecule has 0 saturated carbocycles. The minimum atomic E-state index is -0.487. The van der Waals surface area contributed by atoms with Crippen molar-refractivity contribution >= 4 is 5.82 Å². The predicted octanol–water partition coefficient (Wildman–Crippen LogP) is 0.418. The fourth-order valence-electron chi connectivity index (χ4n) is 1.61. The normalized spacial score (nSPS) is 21.7. The molecule has 1 unspecified atom stereocenters. The standard InChI is InChI=1S/C10H13FN2O2/c11-9-2-1-3-10(12-9)13-4-5-15-8(6-13)7-14/h1-3,8,14H,4-7H2. The summed E-state index contributed by atoms with van der Waals surface area (Å²) in [6, 6.07) is 4.69. The summed E-state index contributed by atoms with van der Waals surface area (Å²) in [5.74, 6) is 0.108. The van der Waals surface area contributed by atoms with Crippen LogP contribution in [-0.2, 0) is 4.74 Å². The van der Waals surface area contributed by atoms with E-state index >= 15 is 0 Å². The fraction of sp³-hybridized carbons (Fsp3) is 0.500. The Kier molecular flexibility index (Phi) is 3.13. The lowest BCUT2D eigenvalue weighted by Crippen LogP contribution is -2.44. The van der Waals surface area contributed by atoms with Crippen molar-refractivity contribution in [3.05, 3.63) is 24.1 Å². The molecule has 0 aliphatic carbocycles. The second-order valence-electron chi connectivity index (χ2n) is 3.44. The van der Waals surface area contributed by atoms with Gasteiger partial charge in [-0.05, 0) is 12.1 Å². The van der Waals surface area contributed by atoms with E-state index < -0.39 is 5.95 Å². The predicted molar refractivity (Wildman–Crippen MR) is 53.2 cm³/mol. The van der Waals surface area contributed by atoms with Crippen LogP contribution in [0.2, 0.25) is 0 Å². The van der Waals surface area contributed by atoms with Crippen molar-refractivity contribution in [2.45, 2.75) is 6.10 Å². The summed E-state index contributed by atoms with van der Waals surface area (Å²) in [4.78, 5) is 5.70. The smallest absolute Gasteiger partial charge is 0.214 e. The number of aliphatic hydroxyl groups excluding tert-OH is 1. The maximum atomic E-state index is 12.9. The van der Waals surface area contributed by atoms with Crippen LogP contribution in [0.1, 0.15) is 0 Å². The molecule has 1 aromatic heterocycles. The maximum Gasteiger partial charge on any atom is 0.214 e. The first-order valence-corrected chi connectivity index (χ1v) is 4.89. The SMILES string of the molecule is OCC1CN(c2cccc(F)n2)CCO1. The molecule has 4 nitrogen and oxygen atoms in total. The minimum absolute atomic E-state index is 0.0220. The molecule has 0 amide bonds. The summed E-state index contributed by atoms with van der Waals surface area (Å²) in [7, 11) is 0. The van der Waals surface area contributed by atoms with Gasteiger partial charge in [0.25, 0.3) is 0 Å². The van der Waals surface area contributed by atoms with Gasteiger partial charge in [0.15, 0.2) is 0 Å². The number of anilines is 1. The van der Waals surface area contributed by atoms with Gasteiger partial charge in [0.2, 0.25) is 5.95 Å². The lowest BCUT2D eigenvalue weighted by atomic mass is 10.3. The highest BCUT2D eigenvalue weighted by molar-refractivity contribution is 5.38. The van der Waals surface area contributed by atoms with E-state index in [-0.39, 0.29) is 12.7 Å². The lowest BCUT2D eigenvalue weighted by Gasteiger charge is -2.32. The van der Waals surface area contributed by atoms with Gasteiger partial charge >= 0.3 is 0 Å². The van der Waals surface area contributed by atoms with E-state index in [9.17, 15) is 4.39 Å². The molecule has 0 bridgehead atoms. The van der Waals surface area contributed by atoms with E-state index in [2.05, 4.69) is 4.98 Å². The van der Waals surface area contributed by atoms with E-state index in [1.807, 2.05) is 4.90 Å². The van der Waals surface area contributed by atoms with Crippen LogP contribution in [0.4, 0.5) is 10.2 Å². The van der Waals surface area contributed by atoms with Crippen LogP contribution < -0.4 is 4.90 Å². The number of aromatic nitrogens is 1. The van der Waals surface area contributed by atoms with Gasteiger partial charge in [-0.15, -0.1) is 0 Å². The molecular weight excluding hydrogens is 199 g/mol. The molecule has 1 atom stereocenters. The molecule has 1 aromatic rings. The molecule has 0 spiro atoms. The molecule has 2 heterocycles. The first-order chi connectivity index (χ1) is 7.29. The van der Waals surface area contributed by atoms with Crippen LogP contribution in [0.15, 0.2) is 18.2 Å². The molecule has 82 valence electrons. The van der Waals surface area contributed by atoms with Crippen molar-refractivity contribution in [2.24, 2.45) is 0 Å². The Morgan fingerprint density at radius 1 is 1.60 bits per heavy atom. The number of aliphatic hydroxyl groups is 1. The number of ether oxygens (including phenoxy) is 1. The van der Waals surface area contributed by atoms with Gasteiger partial charge in [0.1, 0.15) is 5.82 Å². The van der Waals surface area contributed by atoms with Crippen molar-refractivity contribution in [2.75, 3.05) is 31.2 Å². The summed E-state index contributed by atoms with van der Waals surface area (Å²) in [6.07, 6.45) is -0.205. The number of morpholine rings is 1. The van der Waals surface area contributed by atoms with Crippen molar-refractivity contribution in [3.8, 4) is 0 Å². The Morgan fingerprint density at radius 2 is 2.47 bits per heavy atom. The number of rotatable bonds is 2. The van der Waals surface area contributed by atoms with Gasteiger partial charge in [-0.25, -0.2) is 4.98 Å². The molecule has 1 fully saturated rings. The first-order valence-electron chi connectivity index (χ1n) is 4.89. The maximum absolute atomic E-state index is 12.9. The summed E-state index contributed by atoms with van der Waals surface area (Å²) >= 11 is 0. The van der Waals surface area contributed by atoms with Gasteiger partial charge < -0.3 is 14.7 Å². The van der Waals surface area contributed by atoms with E-state index in [0.717, 1.165) is 0 Å². The van der Waals surface area contributed by atoms with E-state index in [4.69, 9.17) is 9.84 Å². The highest BCUT2D eigenvalue weighted by atomic mass is 19.1. The van der Waals surface area contributed by atoms with Crippen LogP contribution >= 0.6 is 0 Å². The molecule has 15 heavy (non-hydrogen) atoms. The van der Waals surface area contributed by atoms with Crippen LogP contribution in [0.25, 0.3) is 0 Å². The molecule has 2 rings (SSSR count). The van der Waals surface area contributed by atoms with Gasteiger partial charge in [-0.3, -0.25) is 0 Å². The highest BCUT2D eigenvalue weighted by Crippen LogP contribution is 2.14. The van der Waals surface area contributed by atoms with Crippen LogP contribution in [-0.4, -0.2) is 42.5 Å². The van der Waals surface area contributed by atoms with E-state index in [1.165, 1.54) is 6.07 Å². The lowest BCUT2D eigenvalue weighted by molar-refractivity contribution is 0.00333. The number of pyridine rings is 1. The topological polar surface area (TPSA) is 45.6 Å². The van der Waals surface area contributed by atoms with Crippen LogP contribution in [0.3, 0.4) is 0 Å². The fourth-order valence-corrected chi connectivity index (χ4v) is 1.61. The molecular formula is C10H13FN2O2. The molecule has 5 heteroatoms. The van der Waals surface area contributed by atoms with Crippen molar-refractivity contribution in [3.63, 3.8) is 0 Å². The molecule has 1 N–H and O–H groups in total. The Balaban J connectivity index is 2.09. The minimum Gasteiger partial charge on any atom is -0.394 e. The monoisotopic (exact) mass is 212 g/mol. The molecule has 0 radical (unpaired) electrons. The quantitative estimate of drug-likeness (QED) is 0.722. The van der Waals surface area contributed by atoms with Crippen LogP contribution in [0.5, 0.6) is 0 Å². The van der Waals surface area contributed by atoms with E-state index in [1.54, 1.807) is 12.1 Å². The molecule has 1 saturated heterocycles. The second kappa shape index (κ2) is 4.55. The van der Waals surface area contributed by atoms with E-state index in [0.29, 0.717) is 25.5 Å². The van der Waals surface area contributed by atoms with Crippen molar-refractivity contribution < 1.29 is 14.2 Å². The van der Waals surface area contributed by atoms with Crippen molar-refractivity contribution in [1.82, 2.24) is 4.98 Å². The third-order valence-electron chi connectivity index (χ3n) is 2.37. The molecule has 1 aliphatic rings. The highest BCUT2D eigenvalue weighted by Gasteiger charge is 2.20. The van der Waals surface area contributed by atoms with Gasteiger partial charge in [-0.2, -0.15) is 4.39 Å². The summed E-state index contributed by atoms with van der Waals surface area (Å²) in [5, 5.41) is 8.96. The third-order valence-corrected chi connectivity index (χ3v) is 2.37. The Hall–Kier alpha value is -1.20. The van der Waals surface area contributed by atoms with Gasteiger partial charge in [0.05, 0.1) is 19.3 Å². The number of halogens is 1. The number of nitrogens with zero attached hydrogens (tertiary/aromatic N) is 2. The largest absolute Gasteiger partial charge is 0.394 e. The summed E-state index contributed by atoms with van der Waals surface area (Å²) in [5.41, 5.74) is 0. The third kappa shape index (κ3) is 2.43. The zero-order chi connectivity index (χ0) is 10.7. The Bertz CT molecular complexity index is 335. The zero-order valence-electron chi connectivity index (χ0n) is 8.27. The Labute approximate surface area is 87.3 Å². The average molecular weight is 212 g/mol. The second-order valence-corrected chi connectivity index (χ2v) is 3.44. The average Bonchev–Trinajstić information content (AvgIpc) is 2.29. The van der Waals surface area contributed by atoms with Gasteiger partial charge in [-0.1, -0.05) is 6.07 Å². The number of hydrogen-bond donors (Lipinski definition) is 1. The van der Waals surface area contributed by atoms with Crippen molar-refractivity contribution in [1.29, 1.82) is 0 Å². The number of hydrogen-bond acceptors (Lipinski definition) is 4. The molecule has 0 aromatic carbocycles. The van der Waals surface area contributed by atoms with Crippen LogP contribution in [0, 0.1) is 5.95 Å². The summed E-state index contributed by atoms with van der Waals surface area (Å²) in [6.45, 7) is 1.73.